The fourth-order valence-corrected chi connectivity index (χ4v) is 3.92. The summed E-state index contributed by atoms with van der Waals surface area (Å²) in [5.41, 5.74) is 2.48. The van der Waals surface area contributed by atoms with Crippen molar-refractivity contribution >= 4 is 17.5 Å². The van der Waals surface area contributed by atoms with Crippen LogP contribution in [-0.2, 0) is 0 Å². The second-order valence-electron chi connectivity index (χ2n) is 7.76. The fourth-order valence-electron chi connectivity index (χ4n) is 3.92. The van der Waals surface area contributed by atoms with Crippen molar-refractivity contribution in [3.05, 3.63) is 54.9 Å². The largest absolute Gasteiger partial charge is 0.497 e. The number of methoxy groups -OCH3 is 1. The SMILES string of the molecule is COc1cccc(-c2cc(N3CCN(C(=O)Nc4ccc5c(c4)OCCO5)CC3)ncn2)c1. The summed E-state index contributed by atoms with van der Waals surface area (Å²) in [5, 5.41) is 2.95. The Hall–Kier alpha value is -4.01. The van der Waals surface area contributed by atoms with Crippen LogP contribution in [0.2, 0.25) is 0 Å². The van der Waals surface area contributed by atoms with Crippen LogP contribution < -0.4 is 24.4 Å². The van der Waals surface area contributed by atoms with E-state index in [1.54, 1.807) is 24.4 Å². The Morgan fingerprint density at radius 3 is 2.61 bits per heavy atom. The Labute approximate surface area is 191 Å². The number of urea groups is 1. The molecule has 33 heavy (non-hydrogen) atoms. The van der Waals surface area contributed by atoms with Gasteiger partial charge < -0.3 is 29.3 Å². The molecule has 3 aromatic rings. The van der Waals surface area contributed by atoms with Gasteiger partial charge >= 0.3 is 6.03 Å². The van der Waals surface area contributed by atoms with Crippen LogP contribution in [0.4, 0.5) is 16.3 Å². The first-order valence-electron chi connectivity index (χ1n) is 10.9. The predicted octanol–water partition coefficient (Wildman–Crippen LogP) is 3.28. The lowest BCUT2D eigenvalue weighted by molar-refractivity contribution is 0.171. The third kappa shape index (κ3) is 4.62. The van der Waals surface area contributed by atoms with E-state index < -0.39 is 0 Å². The zero-order valence-electron chi connectivity index (χ0n) is 18.4. The molecule has 170 valence electrons. The summed E-state index contributed by atoms with van der Waals surface area (Å²) in [6.07, 6.45) is 1.57. The second kappa shape index (κ2) is 9.23. The van der Waals surface area contributed by atoms with Crippen molar-refractivity contribution in [1.82, 2.24) is 14.9 Å². The number of fused-ring (bicyclic) bond motifs is 1. The van der Waals surface area contributed by atoms with Crippen LogP contribution in [0.1, 0.15) is 0 Å². The summed E-state index contributed by atoms with van der Waals surface area (Å²) in [6, 6.07) is 15.1. The Kier molecular flexibility index (Phi) is 5.84. The van der Waals surface area contributed by atoms with Gasteiger partial charge in [-0.05, 0) is 24.3 Å². The van der Waals surface area contributed by atoms with Crippen LogP contribution in [0.3, 0.4) is 0 Å². The molecule has 1 saturated heterocycles. The fraction of sp³-hybridized carbons (Fsp3) is 0.292. The van der Waals surface area contributed by atoms with Gasteiger partial charge in [-0.2, -0.15) is 0 Å². The molecule has 9 heteroatoms. The maximum Gasteiger partial charge on any atom is 0.321 e. The van der Waals surface area contributed by atoms with Gasteiger partial charge in [0.05, 0.1) is 12.8 Å². The minimum absolute atomic E-state index is 0.133. The number of nitrogens with one attached hydrogen (secondary N) is 1. The van der Waals surface area contributed by atoms with Gasteiger partial charge in [0.1, 0.15) is 31.1 Å². The van der Waals surface area contributed by atoms with Crippen molar-refractivity contribution in [2.45, 2.75) is 0 Å². The zero-order chi connectivity index (χ0) is 22.6. The number of hydrogen-bond donors (Lipinski definition) is 1. The monoisotopic (exact) mass is 447 g/mol. The summed E-state index contributed by atoms with van der Waals surface area (Å²) >= 11 is 0. The summed E-state index contributed by atoms with van der Waals surface area (Å²) in [5.74, 6) is 2.98. The standard InChI is InChI=1S/C24H25N5O4/c1-31-19-4-2-3-17(13-19)20-15-23(26-16-25-20)28-7-9-29(10-8-28)24(30)27-18-5-6-21-22(14-18)33-12-11-32-21/h2-6,13-16H,7-12H2,1H3,(H,27,30). The lowest BCUT2D eigenvalue weighted by atomic mass is 10.1. The molecule has 9 nitrogen and oxygen atoms in total. The molecule has 0 saturated carbocycles. The highest BCUT2D eigenvalue weighted by Gasteiger charge is 2.23. The first kappa shape index (κ1) is 20.9. The van der Waals surface area contributed by atoms with E-state index in [4.69, 9.17) is 14.2 Å². The number of amides is 2. The highest BCUT2D eigenvalue weighted by Crippen LogP contribution is 2.32. The van der Waals surface area contributed by atoms with Crippen molar-refractivity contribution in [1.29, 1.82) is 0 Å². The first-order chi connectivity index (χ1) is 16.2. The van der Waals surface area contributed by atoms with Gasteiger partial charge in [0.15, 0.2) is 11.5 Å². The molecule has 2 aromatic carbocycles. The van der Waals surface area contributed by atoms with E-state index in [2.05, 4.69) is 20.2 Å². The van der Waals surface area contributed by atoms with Gasteiger partial charge in [-0.15, -0.1) is 0 Å². The van der Waals surface area contributed by atoms with Gasteiger partial charge in [-0.1, -0.05) is 12.1 Å². The van der Waals surface area contributed by atoms with E-state index in [9.17, 15) is 4.79 Å². The van der Waals surface area contributed by atoms with E-state index in [0.29, 0.717) is 56.6 Å². The summed E-state index contributed by atoms with van der Waals surface area (Å²) in [4.78, 5) is 25.6. The molecule has 2 amide bonds. The molecule has 2 aliphatic heterocycles. The van der Waals surface area contributed by atoms with Gasteiger partial charge in [0, 0.05) is 49.6 Å². The van der Waals surface area contributed by atoms with E-state index in [0.717, 1.165) is 22.8 Å². The lowest BCUT2D eigenvalue weighted by Gasteiger charge is -2.35. The molecule has 5 rings (SSSR count). The highest BCUT2D eigenvalue weighted by molar-refractivity contribution is 5.90. The number of ether oxygens (including phenoxy) is 3. The Balaban J connectivity index is 1.21. The average molecular weight is 447 g/mol. The molecular formula is C24H25N5O4. The summed E-state index contributed by atoms with van der Waals surface area (Å²) in [7, 11) is 1.65. The summed E-state index contributed by atoms with van der Waals surface area (Å²) < 4.78 is 16.4. The number of benzene rings is 2. The lowest BCUT2D eigenvalue weighted by Crippen LogP contribution is -2.50. The van der Waals surface area contributed by atoms with Crippen molar-refractivity contribution in [3.63, 3.8) is 0 Å². The number of carbonyl (C=O) groups is 1. The Morgan fingerprint density at radius 2 is 1.79 bits per heavy atom. The van der Waals surface area contributed by atoms with E-state index >= 15 is 0 Å². The maximum atomic E-state index is 12.8. The third-order valence-electron chi connectivity index (χ3n) is 5.70. The van der Waals surface area contributed by atoms with Gasteiger partial charge in [-0.25, -0.2) is 14.8 Å². The van der Waals surface area contributed by atoms with Crippen LogP contribution in [0.15, 0.2) is 54.9 Å². The van der Waals surface area contributed by atoms with Crippen molar-refractivity contribution in [2.75, 3.05) is 56.7 Å². The Morgan fingerprint density at radius 1 is 0.970 bits per heavy atom. The van der Waals surface area contributed by atoms with Crippen molar-refractivity contribution in [2.24, 2.45) is 0 Å². The minimum Gasteiger partial charge on any atom is -0.497 e. The van der Waals surface area contributed by atoms with E-state index in [1.165, 1.54) is 0 Å². The van der Waals surface area contributed by atoms with Crippen LogP contribution in [0.25, 0.3) is 11.3 Å². The minimum atomic E-state index is -0.133. The number of anilines is 2. The van der Waals surface area contributed by atoms with Crippen molar-refractivity contribution in [3.8, 4) is 28.5 Å². The molecule has 1 fully saturated rings. The molecule has 0 atom stereocenters. The molecular weight excluding hydrogens is 422 g/mol. The predicted molar refractivity (Wildman–Crippen MR) is 124 cm³/mol. The smallest absolute Gasteiger partial charge is 0.321 e. The number of hydrogen-bond acceptors (Lipinski definition) is 7. The topological polar surface area (TPSA) is 89.1 Å². The van der Waals surface area contributed by atoms with Crippen LogP contribution in [0.5, 0.6) is 17.2 Å². The van der Waals surface area contributed by atoms with Crippen molar-refractivity contribution < 1.29 is 19.0 Å². The zero-order valence-corrected chi connectivity index (χ0v) is 18.4. The van der Waals surface area contributed by atoms with Crippen LogP contribution in [-0.4, -0.2) is 67.4 Å². The number of carbonyl (C=O) groups excluding carboxylic acids is 1. The van der Waals surface area contributed by atoms with Crippen LogP contribution >= 0.6 is 0 Å². The normalized spacial score (nSPS) is 15.2. The number of rotatable bonds is 4. The average Bonchev–Trinajstić information content (AvgIpc) is 2.89. The number of piperazine rings is 1. The quantitative estimate of drug-likeness (QED) is 0.657. The Bertz CT molecular complexity index is 1150. The number of aromatic nitrogens is 2. The molecule has 0 aliphatic carbocycles. The number of nitrogens with zero attached hydrogens (tertiary/aromatic N) is 4. The molecule has 0 radical (unpaired) electrons. The third-order valence-corrected chi connectivity index (χ3v) is 5.70. The molecule has 0 unspecified atom stereocenters. The van der Waals surface area contributed by atoms with E-state index in [-0.39, 0.29) is 6.03 Å². The molecule has 0 spiro atoms. The second-order valence-corrected chi connectivity index (χ2v) is 7.76. The van der Waals surface area contributed by atoms with Gasteiger partial charge in [0.2, 0.25) is 0 Å². The molecule has 1 aromatic heterocycles. The molecule has 2 aliphatic rings. The van der Waals surface area contributed by atoms with Gasteiger partial charge in [0.25, 0.3) is 0 Å². The molecule has 0 bridgehead atoms. The molecule has 1 N–H and O–H groups in total. The molecule has 3 heterocycles. The maximum absolute atomic E-state index is 12.8. The first-order valence-corrected chi connectivity index (χ1v) is 10.9. The van der Waals surface area contributed by atoms with Gasteiger partial charge in [-0.3, -0.25) is 0 Å². The summed E-state index contributed by atoms with van der Waals surface area (Å²) in [6.45, 7) is 3.60. The van der Waals surface area contributed by atoms with Crippen LogP contribution in [0, 0.1) is 0 Å². The van der Waals surface area contributed by atoms with E-state index in [1.807, 2.05) is 42.5 Å². The highest BCUT2D eigenvalue weighted by atomic mass is 16.6.